The fraction of sp³-hybridized carbons (Fsp3) is 0.727. The number of fused-ring (bicyclic) bond motifs is 1. The van der Waals surface area contributed by atoms with E-state index in [1.807, 2.05) is 6.20 Å². The number of amides is 1. The van der Waals surface area contributed by atoms with Crippen molar-refractivity contribution in [3.63, 3.8) is 0 Å². The number of rotatable bonds is 1. The molecule has 3 heteroatoms. The summed E-state index contributed by atoms with van der Waals surface area (Å²) in [6.07, 6.45) is 6.90. The molecule has 2 saturated heterocycles. The highest BCUT2D eigenvalue weighted by Crippen LogP contribution is 2.30. The largest absolute Gasteiger partial charge is 0.333 e. The molecule has 2 aliphatic heterocycles. The van der Waals surface area contributed by atoms with E-state index in [1.54, 1.807) is 6.92 Å². The summed E-state index contributed by atoms with van der Waals surface area (Å²) in [6.45, 7) is 4.04. The fourth-order valence-corrected chi connectivity index (χ4v) is 2.53. The molecule has 1 N–H and O–H groups in total. The lowest BCUT2D eigenvalue weighted by Crippen LogP contribution is -2.36. The minimum Gasteiger partial charge on any atom is -0.333 e. The van der Waals surface area contributed by atoms with E-state index >= 15 is 0 Å². The van der Waals surface area contributed by atoms with Crippen LogP contribution >= 0.6 is 0 Å². The molecule has 1 atom stereocenters. The van der Waals surface area contributed by atoms with Crippen molar-refractivity contribution in [2.75, 3.05) is 13.1 Å². The second kappa shape index (κ2) is 4.13. The molecule has 14 heavy (non-hydrogen) atoms. The third-order valence-electron chi connectivity index (χ3n) is 3.16. The summed E-state index contributed by atoms with van der Waals surface area (Å²) in [5.74, 6) is 0.0348. The molecule has 0 spiro atoms. The predicted octanol–water partition coefficient (Wildman–Crippen LogP) is 1.26. The van der Waals surface area contributed by atoms with Crippen LogP contribution in [0.3, 0.4) is 0 Å². The zero-order chi connectivity index (χ0) is 9.97. The Kier molecular flexibility index (Phi) is 2.87. The molecular formula is C11H18N2O. The van der Waals surface area contributed by atoms with Crippen LogP contribution in [0.1, 0.15) is 32.6 Å². The van der Waals surface area contributed by atoms with Crippen LogP contribution in [0.2, 0.25) is 0 Å². The maximum Gasteiger partial charge on any atom is 0.220 e. The molecule has 0 aromatic rings. The van der Waals surface area contributed by atoms with Crippen LogP contribution in [0.15, 0.2) is 11.8 Å². The summed E-state index contributed by atoms with van der Waals surface area (Å²) in [5.41, 5.74) is 1.42. The van der Waals surface area contributed by atoms with E-state index in [9.17, 15) is 4.79 Å². The van der Waals surface area contributed by atoms with E-state index < -0.39 is 0 Å². The smallest absolute Gasteiger partial charge is 0.220 e. The first-order chi connectivity index (χ1) is 6.77. The maximum absolute atomic E-state index is 10.8. The van der Waals surface area contributed by atoms with E-state index in [4.69, 9.17) is 0 Å². The molecular weight excluding hydrogens is 176 g/mol. The van der Waals surface area contributed by atoms with Gasteiger partial charge in [-0.3, -0.25) is 9.69 Å². The third-order valence-corrected chi connectivity index (χ3v) is 3.16. The Labute approximate surface area is 85.2 Å². The van der Waals surface area contributed by atoms with E-state index in [0.29, 0.717) is 6.04 Å². The van der Waals surface area contributed by atoms with Crippen molar-refractivity contribution in [1.82, 2.24) is 10.2 Å². The Morgan fingerprint density at radius 1 is 1.50 bits per heavy atom. The molecule has 0 radical (unpaired) electrons. The number of carbonyl (C=O) groups is 1. The summed E-state index contributed by atoms with van der Waals surface area (Å²) in [6, 6.07) is 0.621. The minimum atomic E-state index is 0.0348. The summed E-state index contributed by atoms with van der Waals surface area (Å²) in [7, 11) is 0. The Hall–Kier alpha value is -0.830. The summed E-state index contributed by atoms with van der Waals surface area (Å²) >= 11 is 0. The second-order valence-electron chi connectivity index (χ2n) is 4.22. The zero-order valence-corrected chi connectivity index (χ0v) is 8.75. The molecule has 0 aliphatic carbocycles. The molecule has 78 valence electrons. The minimum absolute atomic E-state index is 0.0348. The summed E-state index contributed by atoms with van der Waals surface area (Å²) in [4.78, 5) is 13.3. The van der Waals surface area contributed by atoms with E-state index in [2.05, 4.69) is 10.2 Å². The van der Waals surface area contributed by atoms with Gasteiger partial charge in [-0.25, -0.2) is 0 Å². The molecule has 1 amide bonds. The van der Waals surface area contributed by atoms with Crippen molar-refractivity contribution in [3.8, 4) is 0 Å². The van der Waals surface area contributed by atoms with E-state index in [0.717, 1.165) is 6.42 Å². The maximum atomic E-state index is 10.8. The van der Waals surface area contributed by atoms with Crippen LogP contribution in [-0.2, 0) is 4.79 Å². The van der Waals surface area contributed by atoms with Crippen molar-refractivity contribution < 1.29 is 4.79 Å². The highest BCUT2D eigenvalue weighted by Gasteiger charge is 2.30. The summed E-state index contributed by atoms with van der Waals surface area (Å²) < 4.78 is 0. The lowest BCUT2D eigenvalue weighted by Gasteiger charge is -2.31. The van der Waals surface area contributed by atoms with Crippen LogP contribution in [-0.4, -0.2) is 29.9 Å². The first-order valence-corrected chi connectivity index (χ1v) is 5.47. The van der Waals surface area contributed by atoms with Crippen molar-refractivity contribution >= 4 is 5.91 Å². The molecule has 2 rings (SSSR count). The molecule has 0 aromatic heterocycles. The molecule has 0 saturated carbocycles. The lowest BCUT2D eigenvalue weighted by molar-refractivity contribution is -0.118. The first-order valence-electron chi connectivity index (χ1n) is 5.47. The topological polar surface area (TPSA) is 32.3 Å². The molecule has 2 aliphatic rings. The van der Waals surface area contributed by atoms with Gasteiger partial charge >= 0.3 is 0 Å². The van der Waals surface area contributed by atoms with Gasteiger partial charge in [0.2, 0.25) is 5.91 Å². The van der Waals surface area contributed by atoms with Crippen molar-refractivity contribution in [3.05, 3.63) is 11.8 Å². The average molecular weight is 194 g/mol. The van der Waals surface area contributed by atoms with E-state index in [-0.39, 0.29) is 5.91 Å². The molecule has 0 unspecified atom stereocenters. The Morgan fingerprint density at radius 3 is 3.07 bits per heavy atom. The number of hydrogen-bond acceptors (Lipinski definition) is 2. The van der Waals surface area contributed by atoms with Gasteiger partial charge in [0.15, 0.2) is 0 Å². The predicted molar refractivity (Wildman–Crippen MR) is 55.7 cm³/mol. The molecule has 0 bridgehead atoms. The van der Waals surface area contributed by atoms with Crippen LogP contribution in [0.4, 0.5) is 0 Å². The molecule has 2 fully saturated rings. The van der Waals surface area contributed by atoms with Crippen LogP contribution < -0.4 is 5.32 Å². The standard InChI is InChI=1S/C11H18N2O/c1-9(14)12-8-10-4-2-6-13-7-3-5-11(10)13/h8,11H,2-7H2,1H3,(H,12,14)/b10-8-/t11-/m1/s1. The van der Waals surface area contributed by atoms with Gasteiger partial charge < -0.3 is 5.32 Å². The molecule has 0 aromatic carbocycles. The van der Waals surface area contributed by atoms with Gasteiger partial charge in [-0.1, -0.05) is 0 Å². The van der Waals surface area contributed by atoms with Gasteiger partial charge in [0.1, 0.15) is 0 Å². The van der Waals surface area contributed by atoms with Crippen molar-refractivity contribution in [2.24, 2.45) is 0 Å². The molecule has 2 heterocycles. The average Bonchev–Trinajstić information content (AvgIpc) is 2.62. The SMILES string of the molecule is CC(=O)N/C=C1/CCCN2CCC[C@H]12. The van der Waals surface area contributed by atoms with Gasteiger partial charge in [-0.2, -0.15) is 0 Å². The summed E-state index contributed by atoms with van der Waals surface area (Å²) in [5, 5.41) is 2.80. The van der Waals surface area contributed by atoms with Crippen LogP contribution in [0, 0.1) is 0 Å². The van der Waals surface area contributed by atoms with Crippen molar-refractivity contribution in [2.45, 2.75) is 38.6 Å². The van der Waals surface area contributed by atoms with Crippen molar-refractivity contribution in [1.29, 1.82) is 0 Å². The highest BCUT2D eigenvalue weighted by molar-refractivity contribution is 5.74. The van der Waals surface area contributed by atoms with Gasteiger partial charge in [0.05, 0.1) is 0 Å². The molecule has 3 nitrogen and oxygen atoms in total. The quantitative estimate of drug-likeness (QED) is 0.681. The van der Waals surface area contributed by atoms with Crippen LogP contribution in [0.25, 0.3) is 0 Å². The fourth-order valence-electron chi connectivity index (χ4n) is 2.53. The van der Waals surface area contributed by atoms with Gasteiger partial charge in [-0.15, -0.1) is 0 Å². The number of nitrogens with zero attached hydrogens (tertiary/aromatic N) is 1. The Morgan fingerprint density at radius 2 is 2.29 bits per heavy atom. The number of nitrogens with one attached hydrogen (secondary N) is 1. The third kappa shape index (κ3) is 1.98. The van der Waals surface area contributed by atoms with E-state index in [1.165, 1.54) is 37.9 Å². The van der Waals surface area contributed by atoms with Crippen LogP contribution in [0.5, 0.6) is 0 Å². The normalized spacial score (nSPS) is 30.4. The van der Waals surface area contributed by atoms with Gasteiger partial charge in [-0.05, 0) is 44.3 Å². The zero-order valence-electron chi connectivity index (χ0n) is 8.75. The Balaban J connectivity index is 2.02. The number of piperidine rings is 1. The van der Waals surface area contributed by atoms with Gasteiger partial charge in [0.25, 0.3) is 0 Å². The van der Waals surface area contributed by atoms with Gasteiger partial charge in [0, 0.05) is 19.2 Å². The number of hydrogen-bond donors (Lipinski definition) is 1. The first kappa shape index (κ1) is 9.71. The lowest BCUT2D eigenvalue weighted by atomic mass is 9.97. The Bertz CT molecular complexity index is 260. The number of carbonyl (C=O) groups excluding carboxylic acids is 1. The second-order valence-corrected chi connectivity index (χ2v) is 4.22. The highest BCUT2D eigenvalue weighted by atomic mass is 16.1. The monoisotopic (exact) mass is 194 g/mol.